The zero-order valence-electron chi connectivity index (χ0n) is 13.8. The zero-order valence-corrected chi connectivity index (χ0v) is 13.8. The smallest absolute Gasteiger partial charge is 0.361 e. The molecule has 0 aliphatic carbocycles. The van der Waals surface area contributed by atoms with Crippen LogP contribution in [0.25, 0.3) is 0 Å². The number of hydrogen-bond donors (Lipinski definition) is 1. The van der Waals surface area contributed by atoms with Gasteiger partial charge in [0.1, 0.15) is 6.17 Å². The van der Waals surface area contributed by atoms with Crippen molar-refractivity contribution in [1.82, 2.24) is 4.90 Å². The van der Waals surface area contributed by atoms with Crippen molar-refractivity contribution < 1.29 is 18.0 Å². The third-order valence-corrected chi connectivity index (χ3v) is 4.30. The number of halogens is 3. The molecule has 0 bridgehead atoms. The maximum absolute atomic E-state index is 12.9. The van der Waals surface area contributed by atoms with Gasteiger partial charge in [-0.3, -0.25) is 4.79 Å². The molecule has 1 aliphatic rings. The summed E-state index contributed by atoms with van der Waals surface area (Å²) in [4.78, 5) is 14.3. The first-order valence-electron chi connectivity index (χ1n) is 8.25. The number of benzene rings is 2. The van der Waals surface area contributed by atoms with E-state index < -0.39 is 17.9 Å². The normalized spacial score (nSPS) is 16.9. The van der Waals surface area contributed by atoms with Crippen molar-refractivity contribution in [3.05, 3.63) is 65.2 Å². The Kier molecular flexibility index (Phi) is 4.70. The third-order valence-electron chi connectivity index (χ3n) is 4.30. The fourth-order valence-electron chi connectivity index (χ4n) is 3.03. The molecule has 0 saturated heterocycles. The molecule has 0 fully saturated rings. The summed E-state index contributed by atoms with van der Waals surface area (Å²) < 4.78 is 38.8. The van der Waals surface area contributed by atoms with Crippen LogP contribution in [0.3, 0.4) is 0 Å². The largest absolute Gasteiger partial charge is 0.416 e. The number of fused-ring (bicyclic) bond motifs is 1. The minimum Gasteiger partial charge on any atom is -0.361 e. The number of rotatable bonds is 5. The molecule has 2 aromatic rings. The van der Waals surface area contributed by atoms with Gasteiger partial charge in [0, 0.05) is 23.4 Å². The quantitative estimate of drug-likeness (QED) is 0.818. The Balaban J connectivity index is 1.92. The number of carbonyl (C=O) groups excluding carboxylic acids is 1. The maximum atomic E-state index is 12.9. The van der Waals surface area contributed by atoms with E-state index in [2.05, 4.69) is 5.32 Å². The van der Waals surface area contributed by atoms with Crippen LogP contribution >= 0.6 is 0 Å². The van der Waals surface area contributed by atoms with Gasteiger partial charge in [-0.1, -0.05) is 37.6 Å². The number of hydrogen-bond acceptors (Lipinski definition) is 2. The monoisotopic (exact) mass is 348 g/mol. The first-order chi connectivity index (χ1) is 11.9. The van der Waals surface area contributed by atoms with E-state index in [0.29, 0.717) is 17.8 Å². The Hall–Kier alpha value is -2.50. The van der Waals surface area contributed by atoms with E-state index in [4.69, 9.17) is 0 Å². The van der Waals surface area contributed by atoms with Crippen LogP contribution in [0.1, 0.15) is 47.4 Å². The van der Waals surface area contributed by atoms with Crippen molar-refractivity contribution in [2.24, 2.45) is 0 Å². The minimum atomic E-state index is -4.40. The molecule has 1 N–H and O–H groups in total. The minimum absolute atomic E-state index is 0.0893. The van der Waals surface area contributed by atoms with E-state index in [1.807, 2.05) is 19.1 Å². The second-order valence-corrected chi connectivity index (χ2v) is 6.06. The van der Waals surface area contributed by atoms with Gasteiger partial charge in [-0.2, -0.15) is 13.2 Å². The molecular formula is C19H19F3N2O. The first kappa shape index (κ1) is 17.3. The molecule has 0 unspecified atom stereocenters. The van der Waals surface area contributed by atoms with Gasteiger partial charge in [-0.15, -0.1) is 0 Å². The number of alkyl halides is 3. The molecule has 1 aliphatic heterocycles. The molecule has 0 spiro atoms. The Morgan fingerprint density at radius 2 is 1.88 bits per heavy atom. The van der Waals surface area contributed by atoms with E-state index in [1.165, 1.54) is 6.07 Å². The van der Waals surface area contributed by atoms with E-state index in [1.54, 1.807) is 23.1 Å². The van der Waals surface area contributed by atoms with Crippen LogP contribution in [-0.2, 0) is 6.18 Å². The SMILES string of the molecule is CCCCN1C(=O)c2ccccc2[C@H]1Nc1cccc(C(F)(F)F)c1. The van der Waals surface area contributed by atoms with Crippen molar-refractivity contribution in [3.63, 3.8) is 0 Å². The predicted molar refractivity (Wildman–Crippen MR) is 90.2 cm³/mol. The summed E-state index contributed by atoms with van der Waals surface area (Å²) in [5.41, 5.74) is 1.02. The van der Waals surface area contributed by atoms with Crippen LogP contribution in [0.5, 0.6) is 0 Å². The molecule has 1 amide bonds. The van der Waals surface area contributed by atoms with Crippen LogP contribution in [-0.4, -0.2) is 17.4 Å². The van der Waals surface area contributed by atoms with Gasteiger partial charge in [0.15, 0.2) is 0 Å². The molecule has 0 radical (unpaired) electrons. The van der Waals surface area contributed by atoms with Gasteiger partial charge in [0.05, 0.1) is 5.56 Å². The fourth-order valence-corrected chi connectivity index (χ4v) is 3.03. The maximum Gasteiger partial charge on any atom is 0.416 e. The van der Waals surface area contributed by atoms with Crippen molar-refractivity contribution in [2.75, 3.05) is 11.9 Å². The van der Waals surface area contributed by atoms with Crippen LogP contribution in [0, 0.1) is 0 Å². The Morgan fingerprint density at radius 3 is 2.60 bits per heavy atom. The van der Waals surface area contributed by atoms with Gasteiger partial charge in [0.25, 0.3) is 5.91 Å². The number of anilines is 1. The Morgan fingerprint density at radius 1 is 1.12 bits per heavy atom. The van der Waals surface area contributed by atoms with Crippen molar-refractivity contribution in [1.29, 1.82) is 0 Å². The Labute approximate surface area is 144 Å². The number of unbranched alkanes of at least 4 members (excludes halogenated alkanes) is 1. The molecule has 0 aromatic heterocycles. The zero-order chi connectivity index (χ0) is 18.0. The van der Waals surface area contributed by atoms with E-state index >= 15 is 0 Å². The molecule has 2 aromatic carbocycles. The van der Waals surface area contributed by atoms with Gasteiger partial charge >= 0.3 is 6.18 Å². The molecule has 6 heteroatoms. The summed E-state index contributed by atoms with van der Waals surface area (Å²) in [5.74, 6) is -0.0893. The van der Waals surface area contributed by atoms with Crippen molar-refractivity contribution >= 4 is 11.6 Å². The van der Waals surface area contributed by atoms with Crippen molar-refractivity contribution in [2.45, 2.75) is 32.1 Å². The Bertz CT molecular complexity index is 773. The van der Waals surface area contributed by atoms with Crippen LogP contribution < -0.4 is 5.32 Å². The molecular weight excluding hydrogens is 329 g/mol. The van der Waals surface area contributed by atoms with Crippen LogP contribution in [0.4, 0.5) is 18.9 Å². The number of nitrogens with one attached hydrogen (secondary N) is 1. The first-order valence-corrected chi connectivity index (χ1v) is 8.25. The summed E-state index contributed by atoms with van der Waals surface area (Å²) >= 11 is 0. The summed E-state index contributed by atoms with van der Waals surface area (Å²) in [5, 5.41) is 3.10. The summed E-state index contributed by atoms with van der Waals surface area (Å²) in [7, 11) is 0. The highest BCUT2D eigenvalue weighted by Crippen LogP contribution is 2.36. The predicted octanol–water partition coefficient (Wildman–Crippen LogP) is 5.07. The van der Waals surface area contributed by atoms with Crippen LogP contribution in [0.15, 0.2) is 48.5 Å². The molecule has 132 valence electrons. The summed E-state index contributed by atoms with van der Waals surface area (Å²) in [6, 6.07) is 12.3. The highest BCUT2D eigenvalue weighted by atomic mass is 19.4. The van der Waals surface area contributed by atoms with Gasteiger partial charge in [0.2, 0.25) is 0 Å². The summed E-state index contributed by atoms with van der Waals surface area (Å²) in [6.45, 7) is 2.59. The van der Waals surface area contributed by atoms with E-state index in [-0.39, 0.29) is 5.91 Å². The van der Waals surface area contributed by atoms with E-state index in [0.717, 1.165) is 30.5 Å². The van der Waals surface area contributed by atoms with Crippen molar-refractivity contribution in [3.8, 4) is 0 Å². The topological polar surface area (TPSA) is 32.3 Å². The van der Waals surface area contributed by atoms with E-state index in [9.17, 15) is 18.0 Å². The molecule has 25 heavy (non-hydrogen) atoms. The second-order valence-electron chi connectivity index (χ2n) is 6.06. The van der Waals surface area contributed by atoms with Gasteiger partial charge in [-0.25, -0.2) is 0 Å². The second kappa shape index (κ2) is 6.78. The van der Waals surface area contributed by atoms with Gasteiger partial charge in [-0.05, 0) is 30.7 Å². The van der Waals surface area contributed by atoms with Gasteiger partial charge < -0.3 is 10.2 Å². The molecule has 0 saturated carbocycles. The fraction of sp³-hybridized carbons (Fsp3) is 0.316. The number of nitrogens with zero attached hydrogens (tertiary/aromatic N) is 1. The third kappa shape index (κ3) is 3.48. The number of carbonyl (C=O) groups is 1. The molecule has 1 atom stereocenters. The lowest BCUT2D eigenvalue weighted by atomic mass is 10.1. The average Bonchev–Trinajstić information content (AvgIpc) is 2.85. The highest BCUT2D eigenvalue weighted by molar-refractivity contribution is 5.99. The van der Waals surface area contributed by atoms with Crippen LogP contribution in [0.2, 0.25) is 0 Å². The molecule has 3 nitrogen and oxygen atoms in total. The standard InChI is InChI=1S/C19H19F3N2O/c1-2-3-11-24-17(15-9-4-5-10-16(15)18(24)25)23-14-8-6-7-13(12-14)19(20,21)22/h4-10,12,17,23H,2-3,11H2,1H3/t17-/m0/s1. The highest BCUT2D eigenvalue weighted by Gasteiger charge is 2.36. The lowest BCUT2D eigenvalue weighted by Gasteiger charge is -2.27. The molecule has 3 rings (SSSR count). The molecule has 1 heterocycles. The lowest BCUT2D eigenvalue weighted by molar-refractivity contribution is -0.137. The lowest BCUT2D eigenvalue weighted by Crippen LogP contribution is -2.33. The average molecular weight is 348 g/mol. The number of amides is 1. The summed E-state index contributed by atoms with van der Waals surface area (Å²) in [6.07, 6.45) is -3.10.